The summed E-state index contributed by atoms with van der Waals surface area (Å²) in [6.07, 6.45) is 2.49. The maximum atomic E-state index is 13.4. The summed E-state index contributed by atoms with van der Waals surface area (Å²) >= 11 is 3.07. The Bertz CT molecular complexity index is 991. The molecule has 1 aliphatic heterocycles. The first-order chi connectivity index (χ1) is 13.8. The van der Waals surface area contributed by atoms with Crippen LogP contribution in [-0.2, 0) is 10.0 Å². The van der Waals surface area contributed by atoms with Crippen LogP contribution in [0.25, 0.3) is 0 Å². The lowest BCUT2D eigenvalue weighted by molar-refractivity contribution is 0.173. The van der Waals surface area contributed by atoms with Crippen LogP contribution in [0.15, 0.2) is 32.3 Å². The Kier molecular flexibility index (Phi) is 6.82. The fourth-order valence-corrected chi connectivity index (χ4v) is 4.08. The van der Waals surface area contributed by atoms with Crippen LogP contribution < -0.4 is 10.2 Å². The third-order valence-electron chi connectivity index (χ3n) is 4.43. The van der Waals surface area contributed by atoms with Gasteiger partial charge < -0.3 is 4.74 Å². The van der Waals surface area contributed by atoms with Crippen molar-refractivity contribution >= 4 is 37.5 Å². The van der Waals surface area contributed by atoms with Gasteiger partial charge in [0.05, 0.1) is 23.0 Å². The average Bonchev–Trinajstić information content (AvgIpc) is 3.15. The van der Waals surface area contributed by atoms with Crippen LogP contribution >= 0.6 is 15.9 Å². The van der Waals surface area contributed by atoms with Crippen LogP contribution in [0, 0.1) is 11.7 Å². The van der Waals surface area contributed by atoms with Gasteiger partial charge >= 0.3 is 0 Å². The minimum absolute atomic E-state index is 0.0250. The number of nitrogens with one attached hydrogen (secondary N) is 1. The van der Waals surface area contributed by atoms with Crippen LogP contribution in [0.4, 0.5) is 10.1 Å². The zero-order valence-electron chi connectivity index (χ0n) is 15.4. The van der Waals surface area contributed by atoms with Crippen LogP contribution in [0.2, 0.25) is 0 Å². The van der Waals surface area contributed by atoms with E-state index in [4.69, 9.17) is 9.37 Å². The highest BCUT2D eigenvalue weighted by molar-refractivity contribution is 9.10. The van der Waals surface area contributed by atoms with Crippen LogP contribution in [-0.4, -0.2) is 60.0 Å². The first-order valence-corrected chi connectivity index (χ1v) is 11.3. The summed E-state index contributed by atoms with van der Waals surface area (Å²) in [5.41, 5.74) is 2.30. The topological polar surface area (TPSA) is 130 Å². The van der Waals surface area contributed by atoms with Gasteiger partial charge in [-0.15, -0.1) is 0 Å². The third kappa shape index (κ3) is 5.50. The highest BCUT2D eigenvalue weighted by atomic mass is 79.9. The molecule has 0 aliphatic carbocycles. The van der Waals surface area contributed by atoms with Crippen LogP contribution in [0.5, 0.6) is 5.88 Å². The largest absolute Gasteiger partial charge is 0.474 e. The minimum Gasteiger partial charge on any atom is -0.474 e. The number of benzene rings is 1. The number of hydrogen-bond acceptors (Lipinski definition) is 8. The van der Waals surface area contributed by atoms with Gasteiger partial charge in [0.25, 0.3) is 5.88 Å². The molecule has 1 fully saturated rings. The van der Waals surface area contributed by atoms with E-state index in [-0.39, 0.29) is 34.4 Å². The van der Waals surface area contributed by atoms with E-state index in [2.05, 4.69) is 31.2 Å². The molecular weight excluding hydrogens is 473 g/mol. The van der Waals surface area contributed by atoms with Gasteiger partial charge in [-0.2, -0.15) is 0 Å². The summed E-state index contributed by atoms with van der Waals surface area (Å²) in [5, 5.41) is 16.8. The molecular formula is C16H19BrFN5O5S. The van der Waals surface area contributed by atoms with Gasteiger partial charge in [-0.1, -0.05) is 0 Å². The van der Waals surface area contributed by atoms with Gasteiger partial charge in [0, 0.05) is 13.1 Å². The second-order valence-electron chi connectivity index (χ2n) is 6.51. The van der Waals surface area contributed by atoms with Crippen molar-refractivity contribution in [3.63, 3.8) is 0 Å². The Balaban J connectivity index is 1.67. The number of halogens is 2. The molecule has 0 radical (unpaired) electrons. The number of piperidine rings is 1. The number of ether oxygens (including phenoxy) is 1. The molecule has 1 aliphatic rings. The molecule has 2 heterocycles. The molecule has 0 atom stereocenters. The predicted octanol–water partition coefficient (Wildman–Crippen LogP) is 2.08. The standard InChI is InChI=1S/C16H19BrFN5O5S/c1-29(25,26)23-6-4-10(5-7-23)9-27-16-14(21-28-22-16)15(20-24)19-11-2-3-13(18)12(17)8-11/h2-3,8,10,24H,4-7,9H2,1H3,(H,19,20). The number of aliphatic imine (C=N–C) groups is 1. The number of hydrogen-bond donors (Lipinski definition) is 2. The van der Waals surface area contributed by atoms with Gasteiger partial charge in [0.2, 0.25) is 15.7 Å². The molecule has 0 saturated carbocycles. The maximum absolute atomic E-state index is 13.4. The van der Waals surface area contributed by atoms with E-state index in [1.165, 1.54) is 28.8 Å². The molecule has 10 nitrogen and oxygen atoms in total. The van der Waals surface area contributed by atoms with Gasteiger partial charge in [-0.25, -0.2) is 26.7 Å². The zero-order valence-corrected chi connectivity index (χ0v) is 17.8. The third-order valence-corrected chi connectivity index (χ3v) is 6.34. The monoisotopic (exact) mass is 491 g/mol. The van der Waals surface area contributed by atoms with Crippen molar-refractivity contribution < 1.29 is 27.4 Å². The first-order valence-electron chi connectivity index (χ1n) is 8.62. The van der Waals surface area contributed by atoms with E-state index in [1.54, 1.807) is 0 Å². The molecule has 0 amide bonds. The molecule has 0 bridgehead atoms. The normalized spacial score (nSPS) is 16.8. The summed E-state index contributed by atoms with van der Waals surface area (Å²) < 4.78 is 48.5. The molecule has 29 heavy (non-hydrogen) atoms. The molecule has 1 aromatic carbocycles. The fourth-order valence-electron chi connectivity index (χ4n) is 2.84. The number of amidine groups is 1. The van der Waals surface area contributed by atoms with E-state index >= 15 is 0 Å². The maximum Gasteiger partial charge on any atom is 0.287 e. The van der Waals surface area contributed by atoms with Crippen molar-refractivity contribution in [3.8, 4) is 5.88 Å². The molecule has 1 aromatic heterocycles. The molecule has 1 saturated heterocycles. The summed E-state index contributed by atoms with van der Waals surface area (Å²) in [5.74, 6) is -0.381. The molecule has 13 heteroatoms. The number of sulfonamides is 1. The summed E-state index contributed by atoms with van der Waals surface area (Å²) in [6.45, 7) is 1.14. The smallest absolute Gasteiger partial charge is 0.287 e. The van der Waals surface area contributed by atoms with Crippen molar-refractivity contribution in [2.24, 2.45) is 10.9 Å². The summed E-state index contributed by atoms with van der Waals surface area (Å²) in [6, 6.07) is 4.07. The molecule has 0 unspecified atom stereocenters. The van der Waals surface area contributed by atoms with E-state index in [1.807, 2.05) is 5.48 Å². The molecule has 3 rings (SSSR count). The SMILES string of the molecule is CS(=O)(=O)N1CCC(COc2nonc2C(=Nc2ccc(F)c(Br)c2)NO)CC1. The van der Waals surface area contributed by atoms with E-state index < -0.39 is 15.8 Å². The Labute approximate surface area is 174 Å². The number of aromatic nitrogens is 2. The Morgan fingerprint density at radius 3 is 2.79 bits per heavy atom. The van der Waals surface area contributed by atoms with Crippen molar-refractivity contribution in [1.82, 2.24) is 20.1 Å². The first kappa shape index (κ1) is 21.6. The predicted molar refractivity (Wildman–Crippen MR) is 104 cm³/mol. The number of hydroxylamine groups is 1. The van der Waals surface area contributed by atoms with Crippen LogP contribution in [0.3, 0.4) is 0 Å². The number of rotatable bonds is 6. The van der Waals surface area contributed by atoms with Crippen molar-refractivity contribution in [2.75, 3.05) is 26.0 Å². The Morgan fingerprint density at radius 1 is 1.45 bits per heavy atom. The molecule has 0 spiro atoms. The van der Waals surface area contributed by atoms with E-state index in [0.29, 0.717) is 31.6 Å². The van der Waals surface area contributed by atoms with Crippen molar-refractivity contribution in [3.05, 3.63) is 34.2 Å². The van der Waals surface area contributed by atoms with Crippen molar-refractivity contribution in [1.29, 1.82) is 0 Å². The quantitative estimate of drug-likeness (QED) is 0.356. The second-order valence-corrected chi connectivity index (χ2v) is 9.34. The lowest BCUT2D eigenvalue weighted by atomic mass is 9.99. The minimum atomic E-state index is -3.19. The summed E-state index contributed by atoms with van der Waals surface area (Å²) in [4.78, 5) is 4.16. The Hall–Kier alpha value is -2.09. The number of nitrogens with zero attached hydrogens (tertiary/aromatic N) is 4. The molecule has 158 valence electrons. The Morgan fingerprint density at radius 2 is 2.17 bits per heavy atom. The van der Waals surface area contributed by atoms with E-state index in [9.17, 15) is 18.0 Å². The van der Waals surface area contributed by atoms with Crippen molar-refractivity contribution in [2.45, 2.75) is 12.8 Å². The lowest BCUT2D eigenvalue weighted by Crippen LogP contribution is -2.39. The van der Waals surface area contributed by atoms with Gasteiger partial charge in [-0.05, 0) is 63.2 Å². The molecule has 2 aromatic rings. The average molecular weight is 492 g/mol. The second kappa shape index (κ2) is 9.15. The van der Waals surface area contributed by atoms with E-state index in [0.717, 1.165) is 0 Å². The van der Waals surface area contributed by atoms with Crippen LogP contribution in [0.1, 0.15) is 18.5 Å². The highest BCUT2D eigenvalue weighted by Gasteiger charge is 2.26. The fraction of sp³-hybridized carbons (Fsp3) is 0.438. The molecule has 2 N–H and O–H groups in total. The van der Waals surface area contributed by atoms with Gasteiger partial charge in [0.1, 0.15) is 5.82 Å². The summed E-state index contributed by atoms with van der Waals surface area (Å²) in [7, 11) is -3.19. The lowest BCUT2D eigenvalue weighted by Gasteiger charge is -2.29. The highest BCUT2D eigenvalue weighted by Crippen LogP contribution is 2.25. The van der Waals surface area contributed by atoms with Gasteiger partial charge in [-0.3, -0.25) is 10.7 Å². The zero-order chi connectivity index (χ0) is 21.0. The van der Waals surface area contributed by atoms with Gasteiger partial charge in [0.15, 0.2) is 5.84 Å².